The molecule has 0 aliphatic carbocycles. The highest BCUT2D eigenvalue weighted by Gasteiger charge is 2.45. The number of methoxy groups -OCH3 is 1. The van der Waals surface area contributed by atoms with E-state index >= 15 is 0 Å². The Morgan fingerprint density at radius 2 is 1.81 bits per heavy atom. The van der Waals surface area contributed by atoms with Crippen LogP contribution in [-0.2, 0) is 9.59 Å². The third-order valence-electron chi connectivity index (χ3n) is 4.95. The molecule has 0 saturated carbocycles. The van der Waals surface area contributed by atoms with Crippen LogP contribution >= 0.6 is 0 Å². The van der Waals surface area contributed by atoms with E-state index in [1.807, 2.05) is 5.32 Å². The maximum Gasteiger partial charge on any atom is 0.408 e. The molecule has 6 nitrogen and oxygen atoms in total. The van der Waals surface area contributed by atoms with E-state index in [9.17, 15) is 31.5 Å². The van der Waals surface area contributed by atoms with Gasteiger partial charge in [0.05, 0.1) is 7.11 Å². The molecule has 1 fully saturated rings. The van der Waals surface area contributed by atoms with Crippen LogP contribution in [0, 0.1) is 5.92 Å². The summed E-state index contributed by atoms with van der Waals surface area (Å²) in [7, 11) is 1.47. The number of amides is 2. The quantitative estimate of drug-likeness (QED) is 0.498. The topological polar surface area (TPSA) is 76.7 Å². The van der Waals surface area contributed by atoms with Crippen molar-refractivity contribution in [2.45, 2.75) is 31.7 Å². The summed E-state index contributed by atoms with van der Waals surface area (Å²) >= 11 is 0. The van der Waals surface area contributed by atoms with E-state index in [4.69, 9.17) is 4.74 Å². The molecule has 1 aliphatic rings. The second kappa shape index (κ2) is 9.41. The van der Waals surface area contributed by atoms with Crippen molar-refractivity contribution in [3.8, 4) is 22.6 Å². The summed E-state index contributed by atoms with van der Waals surface area (Å²) in [6.07, 6.45) is -5.30. The molecule has 0 aromatic heterocycles. The molecule has 2 unspecified atom stereocenters. The zero-order valence-electron chi connectivity index (χ0n) is 16.7. The van der Waals surface area contributed by atoms with Crippen LogP contribution in [0.25, 0.3) is 11.1 Å². The summed E-state index contributed by atoms with van der Waals surface area (Å²) in [5.41, 5.74) is 0.880. The van der Waals surface area contributed by atoms with Gasteiger partial charge in [-0.05, 0) is 48.7 Å². The van der Waals surface area contributed by atoms with Gasteiger partial charge >= 0.3 is 12.8 Å². The van der Waals surface area contributed by atoms with Crippen molar-refractivity contribution in [2.75, 3.05) is 12.4 Å². The summed E-state index contributed by atoms with van der Waals surface area (Å²) < 4.78 is 73.6. The normalized spacial score (nSPS) is 18.8. The van der Waals surface area contributed by atoms with Crippen LogP contribution in [0.4, 0.5) is 27.6 Å². The minimum Gasteiger partial charge on any atom is -0.497 e. The van der Waals surface area contributed by atoms with Gasteiger partial charge in [-0.25, -0.2) is 0 Å². The smallest absolute Gasteiger partial charge is 0.408 e. The van der Waals surface area contributed by atoms with E-state index in [-0.39, 0.29) is 23.4 Å². The third-order valence-corrected chi connectivity index (χ3v) is 4.95. The molecule has 2 amide bonds. The summed E-state index contributed by atoms with van der Waals surface area (Å²) in [6, 6.07) is 8.31. The molecule has 11 heteroatoms. The maximum absolute atomic E-state index is 12.8. The third kappa shape index (κ3) is 5.45. The number of nitrogens with one attached hydrogen (secondary N) is 2. The predicted octanol–water partition coefficient (Wildman–Crippen LogP) is 4.36. The molecule has 2 N–H and O–H groups in total. The molecule has 1 heterocycles. The van der Waals surface area contributed by atoms with Crippen LogP contribution in [0.1, 0.15) is 12.8 Å². The number of piperidine rings is 1. The Bertz CT molecular complexity index is 979. The number of ether oxygens (including phenoxy) is 2. The number of rotatable bonds is 6. The summed E-state index contributed by atoms with van der Waals surface area (Å²) in [6.45, 7) is -3.08. The van der Waals surface area contributed by atoms with Gasteiger partial charge < -0.3 is 20.1 Å². The van der Waals surface area contributed by atoms with E-state index in [0.29, 0.717) is 11.3 Å². The number of alkyl halides is 5. The molecule has 2 aromatic carbocycles. The Balaban J connectivity index is 1.80. The average Bonchev–Trinajstić information content (AvgIpc) is 2.73. The van der Waals surface area contributed by atoms with Gasteiger partial charge in [-0.15, -0.1) is 0 Å². The van der Waals surface area contributed by atoms with E-state index < -0.39 is 43.0 Å². The molecule has 0 radical (unpaired) electrons. The van der Waals surface area contributed by atoms with Gasteiger partial charge in [-0.2, -0.15) is 22.0 Å². The number of hydrogen-bond donors (Lipinski definition) is 2. The van der Waals surface area contributed by atoms with E-state index in [1.165, 1.54) is 25.3 Å². The van der Waals surface area contributed by atoms with Crippen LogP contribution in [0.2, 0.25) is 0 Å². The summed E-state index contributed by atoms with van der Waals surface area (Å²) in [5.74, 6) is -2.74. The van der Waals surface area contributed by atoms with Crippen molar-refractivity contribution in [3.63, 3.8) is 0 Å². The second-order valence-corrected chi connectivity index (χ2v) is 7.04. The molecule has 1 aliphatic heterocycles. The Morgan fingerprint density at radius 3 is 2.38 bits per heavy atom. The van der Waals surface area contributed by atoms with Crippen molar-refractivity contribution in [1.82, 2.24) is 5.32 Å². The summed E-state index contributed by atoms with van der Waals surface area (Å²) in [4.78, 5) is 24.5. The Kier molecular flexibility index (Phi) is 6.85. The minimum atomic E-state index is -4.59. The van der Waals surface area contributed by atoms with Crippen LogP contribution in [-0.4, -0.2) is 37.8 Å². The summed E-state index contributed by atoms with van der Waals surface area (Å²) in [5, 5.41) is 4.27. The van der Waals surface area contributed by atoms with Gasteiger partial charge in [0.1, 0.15) is 23.5 Å². The first-order valence-electron chi connectivity index (χ1n) is 9.49. The fourth-order valence-electron chi connectivity index (χ4n) is 3.34. The first-order valence-corrected chi connectivity index (χ1v) is 9.49. The van der Waals surface area contributed by atoms with Crippen LogP contribution in [0.15, 0.2) is 42.5 Å². The Labute approximate surface area is 179 Å². The van der Waals surface area contributed by atoms with Crippen molar-refractivity contribution in [3.05, 3.63) is 42.5 Å². The van der Waals surface area contributed by atoms with Gasteiger partial charge in [0.2, 0.25) is 11.8 Å². The highest BCUT2D eigenvalue weighted by molar-refractivity contribution is 6.07. The monoisotopic (exact) mass is 458 g/mol. The Hall–Kier alpha value is -3.37. The van der Waals surface area contributed by atoms with E-state index in [0.717, 1.165) is 0 Å². The number of hydrogen-bond acceptors (Lipinski definition) is 4. The van der Waals surface area contributed by atoms with Gasteiger partial charge in [-0.1, -0.05) is 12.1 Å². The highest BCUT2D eigenvalue weighted by Crippen LogP contribution is 2.35. The standard InChI is InChI=1S/C21H19F5N2O4/c1-31-13-5-2-11(3-6-13)15-10-12(4-8-16(15)32-20(22)23)27-18(29)14-7-9-17(21(24,25)26)28-19(14)30/h2-6,8,10,14,17,20H,7,9H2,1H3,(H,27,29)(H,28,30). The van der Waals surface area contributed by atoms with Gasteiger partial charge in [-0.3, -0.25) is 9.59 Å². The maximum atomic E-state index is 12.8. The number of benzene rings is 2. The van der Waals surface area contributed by atoms with Gasteiger partial charge in [0.25, 0.3) is 0 Å². The van der Waals surface area contributed by atoms with E-state index in [2.05, 4.69) is 10.1 Å². The molecule has 1 saturated heterocycles. The largest absolute Gasteiger partial charge is 0.497 e. The zero-order chi connectivity index (χ0) is 23.5. The number of carbonyl (C=O) groups excluding carboxylic acids is 2. The molecule has 2 aromatic rings. The van der Waals surface area contributed by atoms with Crippen molar-refractivity contribution >= 4 is 17.5 Å². The molecule has 172 valence electrons. The molecule has 2 atom stereocenters. The van der Waals surface area contributed by atoms with Crippen molar-refractivity contribution < 1.29 is 41.0 Å². The fraction of sp³-hybridized carbons (Fsp3) is 0.333. The van der Waals surface area contributed by atoms with Crippen molar-refractivity contribution in [1.29, 1.82) is 0 Å². The molecule has 3 rings (SSSR count). The average molecular weight is 458 g/mol. The fourth-order valence-corrected chi connectivity index (χ4v) is 3.34. The predicted molar refractivity (Wildman–Crippen MR) is 104 cm³/mol. The SMILES string of the molecule is COc1ccc(-c2cc(NC(=O)C3CCC(C(F)(F)F)NC3=O)ccc2OC(F)F)cc1. The second-order valence-electron chi connectivity index (χ2n) is 7.04. The lowest BCUT2D eigenvalue weighted by molar-refractivity contribution is -0.170. The lowest BCUT2D eigenvalue weighted by Gasteiger charge is -2.29. The minimum absolute atomic E-state index is 0.147. The number of anilines is 1. The Morgan fingerprint density at radius 1 is 1.12 bits per heavy atom. The highest BCUT2D eigenvalue weighted by atomic mass is 19.4. The molecule has 32 heavy (non-hydrogen) atoms. The lowest BCUT2D eigenvalue weighted by atomic mass is 9.92. The molecular weight excluding hydrogens is 439 g/mol. The number of halogens is 5. The lowest BCUT2D eigenvalue weighted by Crippen LogP contribution is -2.53. The van der Waals surface area contributed by atoms with Crippen LogP contribution in [0.5, 0.6) is 11.5 Å². The van der Waals surface area contributed by atoms with Crippen LogP contribution in [0.3, 0.4) is 0 Å². The molecule has 0 spiro atoms. The first kappa shape index (κ1) is 23.3. The van der Waals surface area contributed by atoms with Crippen molar-refractivity contribution in [2.24, 2.45) is 5.92 Å². The van der Waals surface area contributed by atoms with Crippen LogP contribution < -0.4 is 20.1 Å². The molecule has 0 bridgehead atoms. The molecular formula is C21H19F5N2O4. The van der Waals surface area contributed by atoms with Gasteiger partial charge in [0, 0.05) is 11.3 Å². The van der Waals surface area contributed by atoms with Gasteiger partial charge in [0.15, 0.2) is 0 Å². The number of carbonyl (C=O) groups is 2. The zero-order valence-corrected chi connectivity index (χ0v) is 16.7. The van der Waals surface area contributed by atoms with E-state index in [1.54, 1.807) is 24.3 Å². The first-order chi connectivity index (χ1) is 15.1.